The molecule has 0 unspecified atom stereocenters. The molecule has 0 N–H and O–H groups in total. The zero-order chi connectivity index (χ0) is 9.97. The molecule has 0 aliphatic heterocycles. The third-order valence-electron chi connectivity index (χ3n) is 1.90. The molecule has 72 valence electrons. The van der Waals surface area contributed by atoms with Crippen LogP contribution in [0.5, 0.6) is 0 Å². The van der Waals surface area contributed by atoms with Crippen molar-refractivity contribution in [2.24, 2.45) is 7.05 Å². The molecular formula is C8H9N5O. The Balaban J connectivity index is 2.18. The van der Waals surface area contributed by atoms with E-state index in [1.807, 2.05) is 7.05 Å². The molecule has 14 heavy (non-hydrogen) atoms. The maximum Gasteiger partial charge on any atom is 0.153 e. The van der Waals surface area contributed by atoms with Gasteiger partial charge in [-0.1, -0.05) is 0 Å². The maximum absolute atomic E-state index is 10.4. The summed E-state index contributed by atoms with van der Waals surface area (Å²) in [6.07, 6.45) is 5.44. The van der Waals surface area contributed by atoms with Gasteiger partial charge in [0.25, 0.3) is 0 Å². The second-order valence-electron chi connectivity index (χ2n) is 2.89. The van der Waals surface area contributed by atoms with Crippen LogP contribution in [0.4, 0.5) is 0 Å². The Morgan fingerprint density at radius 2 is 2.36 bits per heavy atom. The van der Waals surface area contributed by atoms with Crippen molar-refractivity contribution in [2.75, 3.05) is 0 Å². The van der Waals surface area contributed by atoms with E-state index in [0.29, 0.717) is 12.1 Å². The molecule has 0 saturated heterocycles. The predicted molar refractivity (Wildman–Crippen MR) is 47.7 cm³/mol. The summed E-state index contributed by atoms with van der Waals surface area (Å²) in [5.74, 6) is 0.797. The van der Waals surface area contributed by atoms with Crippen LogP contribution >= 0.6 is 0 Å². The Kier molecular flexibility index (Phi) is 2.10. The summed E-state index contributed by atoms with van der Waals surface area (Å²) in [6.45, 7) is 0.518. The van der Waals surface area contributed by atoms with Crippen molar-refractivity contribution in [1.29, 1.82) is 0 Å². The number of rotatable bonds is 3. The quantitative estimate of drug-likeness (QED) is 0.634. The summed E-state index contributed by atoms with van der Waals surface area (Å²) >= 11 is 0. The van der Waals surface area contributed by atoms with Gasteiger partial charge in [0.2, 0.25) is 0 Å². The van der Waals surface area contributed by atoms with E-state index in [1.54, 1.807) is 15.6 Å². The highest BCUT2D eigenvalue weighted by Crippen LogP contribution is 1.98. The minimum absolute atomic E-state index is 0.518. The van der Waals surface area contributed by atoms with E-state index in [1.165, 1.54) is 12.5 Å². The third-order valence-corrected chi connectivity index (χ3v) is 1.90. The normalized spacial score (nSPS) is 10.4. The summed E-state index contributed by atoms with van der Waals surface area (Å²) in [5.41, 5.74) is 0.562. The minimum Gasteiger partial charge on any atom is -0.298 e. The topological polar surface area (TPSA) is 65.6 Å². The molecule has 2 heterocycles. The summed E-state index contributed by atoms with van der Waals surface area (Å²) in [4.78, 5) is 14.5. The molecule has 0 amide bonds. The van der Waals surface area contributed by atoms with E-state index in [0.717, 1.165) is 12.1 Å². The fourth-order valence-electron chi connectivity index (χ4n) is 1.14. The van der Waals surface area contributed by atoms with E-state index in [2.05, 4.69) is 15.2 Å². The molecule has 6 nitrogen and oxygen atoms in total. The maximum atomic E-state index is 10.4. The van der Waals surface area contributed by atoms with Crippen LogP contribution in [0.1, 0.15) is 16.2 Å². The smallest absolute Gasteiger partial charge is 0.153 e. The van der Waals surface area contributed by atoms with Crippen LogP contribution in [-0.2, 0) is 13.6 Å². The van der Waals surface area contributed by atoms with Crippen LogP contribution < -0.4 is 0 Å². The van der Waals surface area contributed by atoms with E-state index < -0.39 is 0 Å². The highest BCUT2D eigenvalue weighted by molar-refractivity contribution is 5.73. The number of nitrogens with zero attached hydrogens (tertiary/aromatic N) is 5. The highest BCUT2D eigenvalue weighted by atomic mass is 16.1. The number of hydrogen-bond donors (Lipinski definition) is 0. The van der Waals surface area contributed by atoms with Crippen LogP contribution in [0.25, 0.3) is 0 Å². The fourth-order valence-corrected chi connectivity index (χ4v) is 1.14. The van der Waals surface area contributed by atoms with Gasteiger partial charge in [-0.3, -0.25) is 14.2 Å². The second kappa shape index (κ2) is 3.41. The van der Waals surface area contributed by atoms with Crippen LogP contribution in [0.3, 0.4) is 0 Å². The average Bonchev–Trinajstić information content (AvgIpc) is 2.77. The van der Waals surface area contributed by atoms with Crippen LogP contribution in [0, 0.1) is 0 Å². The van der Waals surface area contributed by atoms with Crippen LogP contribution in [-0.4, -0.2) is 30.8 Å². The minimum atomic E-state index is 0.518. The van der Waals surface area contributed by atoms with Crippen molar-refractivity contribution >= 4 is 6.29 Å². The van der Waals surface area contributed by atoms with Crippen LogP contribution in [0.2, 0.25) is 0 Å². The zero-order valence-corrected chi connectivity index (χ0v) is 7.66. The Morgan fingerprint density at radius 3 is 2.93 bits per heavy atom. The van der Waals surface area contributed by atoms with Gasteiger partial charge in [-0.25, -0.2) is 4.98 Å². The number of carbonyl (C=O) groups excluding carboxylic acids is 1. The molecule has 0 radical (unpaired) electrons. The number of aldehydes is 1. The molecule has 6 heteroatoms. The van der Waals surface area contributed by atoms with Gasteiger partial charge >= 0.3 is 0 Å². The van der Waals surface area contributed by atoms with Gasteiger partial charge in [0, 0.05) is 13.2 Å². The van der Waals surface area contributed by atoms with Gasteiger partial charge in [-0.05, 0) is 0 Å². The Bertz CT molecular complexity index is 444. The lowest BCUT2D eigenvalue weighted by atomic mass is 10.4. The zero-order valence-electron chi connectivity index (χ0n) is 7.66. The first kappa shape index (κ1) is 8.61. The number of aromatic nitrogens is 5. The summed E-state index contributed by atoms with van der Waals surface area (Å²) in [7, 11) is 1.81. The first-order valence-corrected chi connectivity index (χ1v) is 4.10. The molecule has 0 aliphatic carbocycles. The summed E-state index contributed by atoms with van der Waals surface area (Å²) < 4.78 is 3.32. The van der Waals surface area contributed by atoms with Crippen molar-refractivity contribution in [2.45, 2.75) is 6.54 Å². The first-order valence-electron chi connectivity index (χ1n) is 4.10. The molecule has 2 rings (SSSR count). The van der Waals surface area contributed by atoms with Crippen molar-refractivity contribution in [1.82, 2.24) is 24.5 Å². The third kappa shape index (κ3) is 1.54. The van der Waals surface area contributed by atoms with Crippen molar-refractivity contribution < 1.29 is 4.79 Å². The van der Waals surface area contributed by atoms with E-state index in [9.17, 15) is 4.79 Å². The first-order chi connectivity index (χ1) is 6.79. The van der Waals surface area contributed by atoms with E-state index >= 15 is 0 Å². The lowest BCUT2D eigenvalue weighted by molar-refractivity contribution is 0.112. The monoisotopic (exact) mass is 191 g/mol. The Labute approximate surface area is 80.2 Å². The molecule has 0 aromatic carbocycles. The Morgan fingerprint density at radius 1 is 1.50 bits per heavy atom. The standard InChI is InChI=1S/C8H9N5O/c1-12-8(9-6-11-12)4-13-3-7(5-14)2-10-13/h2-3,5-6H,4H2,1H3. The number of hydrogen-bond acceptors (Lipinski definition) is 4. The van der Waals surface area contributed by atoms with Gasteiger partial charge in [-0.15, -0.1) is 0 Å². The molecule has 2 aromatic rings. The fraction of sp³-hybridized carbons (Fsp3) is 0.250. The van der Waals surface area contributed by atoms with Crippen molar-refractivity contribution in [3.8, 4) is 0 Å². The van der Waals surface area contributed by atoms with Gasteiger partial charge < -0.3 is 0 Å². The summed E-state index contributed by atoms with van der Waals surface area (Å²) in [5, 5.41) is 7.94. The van der Waals surface area contributed by atoms with Crippen LogP contribution in [0.15, 0.2) is 18.7 Å². The van der Waals surface area contributed by atoms with E-state index in [-0.39, 0.29) is 0 Å². The molecule has 0 atom stereocenters. The SMILES string of the molecule is Cn1ncnc1Cn1cc(C=O)cn1. The molecule has 0 spiro atoms. The van der Waals surface area contributed by atoms with Gasteiger partial charge in [0.05, 0.1) is 11.8 Å². The molecule has 2 aromatic heterocycles. The second-order valence-corrected chi connectivity index (χ2v) is 2.89. The van der Waals surface area contributed by atoms with Gasteiger partial charge in [-0.2, -0.15) is 10.2 Å². The largest absolute Gasteiger partial charge is 0.298 e. The predicted octanol–water partition coefficient (Wildman–Crippen LogP) is -0.128. The summed E-state index contributed by atoms with van der Waals surface area (Å²) in [6, 6.07) is 0. The molecule has 0 aliphatic rings. The molecule has 0 fully saturated rings. The molecule has 0 bridgehead atoms. The average molecular weight is 191 g/mol. The highest BCUT2D eigenvalue weighted by Gasteiger charge is 2.02. The lowest BCUT2D eigenvalue weighted by Crippen LogP contribution is -2.07. The number of carbonyl (C=O) groups is 1. The van der Waals surface area contributed by atoms with Gasteiger partial charge in [0.15, 0.2) is 6.29 Å². The van der Waals surface area contributed by atoms with Crippen molar-refractivity contribution in [3.05, 3.63) is 30.1 Å². The van der Waals surface area contributed by atoms with Crippen molar-refractivity contribution in [3.63, 3.8) is 0 Å². The molecular weight excluding hydrogens is 182 g/mol. The lowest BCUT2D eigenvalue weighted by Gasteiger charge is -1.99. The van der Waals surface area contributed by atoms with E-state index in [4.69, 9.17) is 0 Å². The number of aryl methyl sites for hydroxylation is 1. The Hall–Kier alpha value is -1.98. The van der Waals surface area contributed by atoms with Gasteiger partial charge in [0.1, 0.15) is 18.7 Å². The molecule has 0 saturated carbocycles.